The second-order valence-corrected chi connectivity index (χ2v) is 5.01. The molecule has 0 fully saturated rings. The van der Waals surface area contributed by atoms with E-state index in [9.17, 15) is 0 Å². The quantitative estimate of drug-likeness (QED) is 0.601. The summed E-state index contributed by atoms with van der Waals surface area (Å²) in [5, 5.41) is 11.7. The maximum Gasteiger partial charge on any atom is 0.137 e. The summed E-state index contributed by atoms with van der Waals surface area (Å²) in [6.07, 6.45) is 7.93. The Balaban J connectivity index is 1.47. The molecule has 104 valence electrons. The van der Waals surface area contributed by atoms with E-state index in [1.165, 1.54) is 22.2 Å². The summed E-state index contributed by atoms with van der Waals surface area (Å²) in [6, 6.07) is 4.08. The average molecular weight is 269 g/mol. The van der Waals surface area contributed by atoms with Crippen LogP contribution in [0, 0.1) is 6.92 Å². The lowest BCUT2D eigenvalue weighted by atomic mass is 10.1. The van der Waals surface area contributed by atoms with Crippen molar-refractivity contribution in [3.63, 3.8) is 0 Å². The molecule has 0 radical (unpaired) electrons. The Morgan fingerprint density at radius 1 is 1.30 bits per heavy atom. The molecule has 0 aromatic carbocycles. The van der Waals surface area contributed by atoms with Crippen molar-refractivity contribution in [2.45, 2.75) is 26.3 Å². The van der Waals surface area contributed by atoms with Gasteiger partial charge in [-0.1, -0.05) is 0 Å². The van der Waals surface area contributed by atoms with Crippen LogP contribution in [0.4, 0.5) is 0 Å². The first-order chi connectivity index (χ1) is 9.84. The smallest absolute Gasteiger partial charge is 0.137 e. The lowest BCUT2D eigenvalue weighted by molar-refractivity contribution is 0.650. The Morgan fingerprint density at radius 2 is 2.25 bits per heavy atom. The van der Waals surface area contributed by atoms with Crippen molar-refractivity contribution in [2.75, 3.05) is 6.54 Å². The van der Waals surface area contributed by atoms with E-state index in [0.29, 0.717) is 0 Å². The highest BCUT2D eigenvalue weighted by molar-refractivity contribution is 5.79. The van der Waals surface area contributed by atoms with Crippen LogP contribution in [0.15, 0.2) is 30.7 Å². The topological polar surface area (TPSA) is 69.4 Å². The Labute approximate surface area is 117 Å². The first-order valence-corrected chi connectivity index (χ1v) is 6.95. The lowest BCUT2D eigenvalue weighted by Crippen LogP contribution is -2.15. The number of hydrogen-bond acceptors (Lipinski definition) is 3. The predicted molar refractivity (Wildman–Crippen MR) is 79.4 cm³/mol. The Bertz CT molecular complexity index is 682. The first kappa shape index (κ1) is 12.9. The van der Waals surface area contributed by atoms with Gasteiger partial charge in [0.15, 0.2) is 0 Å². The van der Waals surface area contributed by atoms with Gasteiger partial charge in [-0.05, 0) is 49.6 Å². The van der Waals surface area contributed by atoms with E-state index in [4.69, 9.17) is 0 Å². The molecule has 0 atom stereocenters. The van der Waals surface area contributed by atoms with Crippen LogP contribution >= 0.6 is 0 Å². The molecular weight excluding hydrogens is 250 g/mol. The zero-order valence-electron chi connectivity index (χ0n) is 11.6. The van der Waals surface area contributed by atoms with Crippen molar-refractivity contribution < 1.29 is 0 Å². The van der Waals surface area contributed by atoms with Gasteiger partial charge in [-0.3, -0.25) is 5.10 Å². The molecular formula is C15H19N5. The normalized spacial score (nSPS) is 11.2. The number of aryl methyl sites for hydroxylation is 2. The van der Waals surface area contributed by atoms with Crippen LogP contribution in [0.3, 0.4) is 0 Å². The average Bonchev–Trinajstić information content (AvgIpc) is 3.06. The molecule has 0 bridgehead atoms. The molecule has 0 aliphatic carbocycles. The number of pyridine rings is 1. The second kappa shape index (κ2) is 5.88. The third kappa shape index (κ3) is 2.72. The Morgan fingerprint density at radius 3 is 3.10 bits per heavy atom. The molecule has 3 rings (SSSR count). The molecule has 3 heterocycles. The summed E-state index contributed by atoms with van der Waals surface area (Å²) in [6.45, 7) is 3.93. The minimum atomic E-state index is 0.871. The summed E-state index contributed by atoms with van der Waals surface area (Å²) < 4.78 is 0. The molecule has 0 unspecified atom stereocenters. The van der Waals surface area contributed by atoms with Crippen molar-refractivity contribution in [1.29, 1.82) is 0 Å². The van der Waals surface area contributed by atoms with Gasteiger partial charge in [0.05, 0.1) is 6.20 Å². The molecule has 0 amide bonds. The summed E-state index contributed by atoms with van der Waals surface area (Å²) >= 11 is 0. The van der Waals surface area contributed by atoms with E-state index in [1.807, 2.05) is 24.7 Å². The van der Waals surface area contributed by atoms with Crippen LogP contribution in [0.5, 0.6) is 0 Å². The number of H-pyrrole nitrogens is 2. The predicted octanol–water partition coefficient (Wildman–Crippen LogP) is 2.32. The maximum absolute atomic E-state index is 4.30. The summed E-state index contributed by atoms with van der Waals surface area (Å²) in [5.41, 5.74) is 4.71. The second-order valence-electron chi connectivity index (χ2n) is 5.01. The molecule has 0 saturated heterocycles. The molecule has 3 N–H and O–H groups in total. The van der Waals surface area contributed by atoms with Gasteiger partial charge in [0.1, 0.15) is 5.65 Å². The minimum Gasteiger partial charge on any atom is -0.346 e. The SMILES string of the molecule is Cc1[nH]ncc1CCCNCc1c[nH]c2ncccc12. The van der Waals surface area contributed by atoms with Gasteiger partial charge in [-0.2, -0.15) is 5.10 Å². The van der Waals surface area contributed by atoms with E-state index < -0.39 is 0 Å². The van der Waals surface area contributed by atoms with Crippen LogP contribution < -0.4 is 5.32 Å². The highest BCUT2D eigenvalue weighted by Gasteiger charge is 2.03. The lowest BCUT2D eigenvalue weighted by Gasteiger charge is -2.03. The largest absolute Gasteiger partial charge is 0.346 e. The van der Waals surface area contributed by atoms with Gasteiger partial charge < -0.3 is 10.3 Å². The van der Waals surface area contributed by atoms with Crippen LogP contribution in [-0.4, -0.2) is 26.7 Å². The zero-order valence-corrected chi connectivity index (χ0v) is 11.6. The molecule has 0 aliphatic heterocycles. The summed E-state index contributed by atoms with van der Waals surface area (Å²) in [4.78, 5) is 7.49. The fraction of sp³-hybridized carbons (Fsp3) is 0.333. The summed E-state index contributed by atoms with van der Waals surface area (Å²) in [5.74, 6) is 0. The maximum atomic E-state index is 4.30. The van der Waals surface area contributed by atoms with Gasteiger partial charge in [-0.15, -0.1) is 0 Å². The number of fused-ring (bicyclic) bond motifs is 1. The van der Waals surface area contributed by atoms with Crippen LogP contribution in [0.2, 0.25) is 0 Å². The highest BCUT2D eigenvalue weighted by atomic mass is 15.1. The van der Waals surface area contributed by atoms with Crippen LogP contribution in [-0.2, 0) is 13.0 Å². The van der Waals surface area contributed by atoms with Crippen LogP contribution in [0.1, 0.15) is 23.2 Å². The molecule has 5 heteroatoms. The fourth-order valence-corrected chi connectivity index (χ4v) is 2.41. The number of aromatic nitrogens is 4. The number of nitrogens with one attached hydrogen (secondary N) is 3. The van der Waals surface area contributed by atoms with Gasteiger partial charge in [0.2, 0.25) is 0 Å². The van der Waals surface area contributed by atoms with Crippen molar-refractivity contribution in [3.8, 4) is 0 Å². The molecule has 5 nitrogen and oxygen atoms in total. The minimum absolute atomic E-state index is 0.871. The molecule has 0 aliphatic rings. The zero-order chi connectivity index (χ0) is 13.8. The van der Waals surface area contributed by atoms with Gasteiger partial charge >= 0.3 is 0 Å². The van der Waals surface area contributed by atoms with E-state index in [2.05, 4.69) is 38.5 Å². The standard InChI is InChI=1S/C15H19N5/c1-11-12(10-19-20-11)4-2-6-16-8-13-9-18-15-14(13)5-3-7-17-15/h3,5,7,9-10,16H,2,4,6,8H2,1H3,(H,17,18)(H,19,20). The highest BCUT2D eigenvalue weighted by Crippen LogP contribution is 2.15. The molecule has 3 aromatic rings. The third-order valence-corrected chi connectivity index (χ3v) is 3.59. The number of rotatable bonds is 6. The van der Waals surface area contributed by atoms with E-state index in [1.54, 1.807) is 0 Å². The van der Waals surface area contributed by atoms with Crippen molar-refractivity contribution in [3.05, 3.63) is 47.5 Å². The van der Waals surface area contributed by atoms with Crippen molar-refractivity contribution in [2.24, 2.45) is 0 Å². The first-order valence-electron chi connectivity index (χ1n) is 6.95. The van der Waals surface area contributed by atoms with E-state index in [0.717, 1.165) is 31.6 Å². The summed E-state index contributed by atoms with van der Waals surface area (Å²) in [7, 11) is 0. The fourth-order valence-electron chi connectivity index (χ4n) is 2.41. The molecule has 3 aromatic heterocycles. The van der Waals surface area contributed by atoms with Crippen molar-refractivity contribution in [1.82, 2.24) is 25.5 Å². The van der Waals surface area contributed by atoms with E-state index >= 15 is 0 Å². The number of nitrogens with zero attached hydrogens (tertiary/aromatic N) is 2. The molecule has 0 saturated carbocycles. The third-order valence-electron chi connectivity index (χ3n) is 3.59. The van der Waals surface area contributed by atoms with Gasteiger partial charge in [0.25, 0.3) is 0 Å². The van der Waals surface area contributed by atoms with Gasteiger partial charge in [0, 0.05) is 30.0 Å². The number of hydrogen-bond donors (Lipinski definition) is 3. The van der Waals surface area contributed by atoms with Crippen LogP contribution in [0.25, 0.3) is 11.0 Å². The van der Waals surface area contributed by atoms with Crippen molar-refractivity contribution >= 4 is 11.0 Å². The molecule has 0 spiro atoms. The monoisotopic (exact) mass is 269 g/mol. The Kier molecular flexibility index (Phi) is 3.78. The van der Waals surface area contributed by atoms with Gasteiger partial charge in [-0.25, -0.2) is 4.98 Å². The van der Waals surface area contributed by atoms with E-state index in [-0.39, 0.29) is 0 Å². The Hall–Kier alpha value is -2.14. The number of aromatic amines is 2. The molecule has 20 heavy (non-hydrogen) atoms.